The van der Waals surface area contributed by atoms with Gasteiger partial charge in [0, 0.05) is 6.42 Å². The number of sulfone groups is 1. The van der Waals surface area contributed by atoms with Gasteiger partial charge < -0.3 is 0 Å². The van der Waals surface area contributed by atoms with Crippen LogP contribution in [0.5, 0.6) is 0 Å². The zero-order valence-electron chi connectivity index (χ0n) is 7.18. The molecule has 0 fully saturated rings. The number of benzene rings is 1. The summed E-state index contributed by atoms with van der Waals surface area (Å²) in [6, 6.07) is 7.78. The molecule has 1 unspecified atom stereocenters. The lowest BCUT2D eigenvalue weighted by molar-refractivity contribution is 0.550. The van der Waals surface area contributed by atoms with Crippen molar-refractivity contribution < 1.29 is 13.2 Å². The van der Waals surface area contributed by atoms with E-state index in [1.807, 2.05) is 0 Å². The molecule has 1 radical (unpaired) electrons. The van der Waals surface area contributed by atoms with E-state index >= 15 is 0 Å². The fourth-order valence-corrected chi connectivity index (χ4v) is 2.42. The molecule has 1 atom stereocenters. The van der Waals surface area contributed by atoms with Crippen LogP contribution in [0.25, 0.3) is 0 Å². The summed E-state index contributed by atoms with van der Waals surface area (Å²) in [5, 5.41) is 0. The van der Waals surface area contributed by atoms with Crippen molar-refractivity contribution in [1.29, 1.82) is 0 Å². The summed E-state index contributed by atoms with van der Waals surface area (Å²) in [6.07, 6.45) is 1.16. The van der Waals surface area contributed by atoms with Crippen molar-refractivity contribution >= 4 is 27.7 Å². The van der Waals surface area contributed by atoms with Gasteiger partial charge in [-0.2, -0.15) is 0 Å². The highest BCUT2D eigenvalue weighted by molar-refractivity contribution is 7.93. The zero-order chi connectivity index (χ0) is 10.6. The van der Waals surface area contributed by atoms with Crippen molar-refractivity contribution in [2.24, 2.45) is 0 Å². The molecule has 0 N–H and O–H groups in total. The molecule has 1 aromatic carbocycles. The second-order valence-corrected chi connectivity index (χ2v) is 5.53. The summed E-state index contributed by atoms with van der Waals surface area (Å²) < 4.78 is 22.0. The Morgan fingerprint density at radius 3 is 2.36 bits per heavy atom. The van der Waals surface area contributed by atoms with E-state index in [4.69, 9.17) is 11.6 Å². The van der Waals surface area contributed by atoms with Crippen molar-refractivity contribution in [3.63, 3.8) is 0 Å². The van der Waals surface area contributed by atoms with E-state index in [2.05, 4.69) is 0 Å². The summed E-state index contributed by atoms with van der Waals surface area (Å²) in [6.45, 7) is 0. The molecule has 0 bridgehead atoms. The molecule has 0 saturated heterocycles. The predicted octanol–water partition coefficient (Wildman–Crippen LogP) is 1.52. The maximum Gasteiger partial charge on any atom is 0.201 e. The van der Waals surface area contributed by atoms with E-state index in [-0.39, 0.29) is 11.3 Å². The Bertz CT molecular complexity index is 399. The number of hydrogen-bond donors (Lipinski definition) is 0. The second-order valence-electron chi connectivity index (χ2n) is 2.62. The standard InChI is InChI=1S/C9H8ClO3S/c10-9(6-7-11)14(12,13)8-4-2-1-3-5-8/h1-5,9H,6H2. The van der Waals surface area contributed by atoms with Gasteiger partial charge >= 0.3 is 0 Å². The van der Waals surface area contributed by atoms with Crippen LogP contribution in [0.3, 0.4) is 0 Å². The highest BCUT2D eigenvalue weighted by atomic mass is 35.5. The van der Waals surface area contributed by atoms with E-state index in [9.17, 15) is 13.2 Å². The minimum atomic E-state index is -3.60. The monoisotopic (exact) mass is 231 g/mol. The fraction of sp³-hybridized carbons (Fsp3) is 0.222. The molecule has 0 aliphatic heterocycles. The lowest BCUT2D eigenvalue weighted by Crippen LogP contribution is -2.15. The van der Waals surface area contributed by atoms with Gasteiger partial charge in [0.1, 0.15) is 4.71 Å². The number of alkyl halides is 1. The third-order valence-corrected chi connectivity index (χ3v) is 4.28. The Morgan fingerprint density at radius 1 is 1.29 bits per heavy atom. The van der Waals surface area contributed by atoms with Crippen molar-refractivity contribution in [2.75, 3.05) is 0 Å². The highest BCUT2D eigenvalue weighted by Gasteiger charge is 2.24. The lowest BCUT2D eigenvalue weighted by Gasteiger charge is -2.06. The summed E-state index contributed by atoms with van der Waals surface area (Å²) in [7, 11) is -3.60. The van der Waals surface area contributed by atoms with E-state index < -0.39 is 14.5 Å². The van der Waals surface area contributed by atoms with Crippen molar-refractivity contribution in [3.05, 3.63) is 30.3 Å². The minimum Gasteiger partial charge on any atom is -0.291 e. The molecule has 14 heavy (non-hydrogen) atoms. The predicted molar refractivity (Wildman–Crippen MR) is 53.6 cm³/mol. The first kappa shape index (κ1) is 11.2. The molecule has 0 spiro atoms. The van der Waals surface area contributed by atoms with Crippen LogP contribution in [0.4, 0.5) is 0 Å². The summed E-state index contributed by atoms with van der Waals surface area (Å²) >= 11 is 5.56. The van der Waals surface area contributed by atoms with Gasteiger partial charge in [0.05, 0.1) is 4.90 Å². The van der Waals surface area contributed by atoms with Crippen LogP contribution in [0.2, 0.25) is 0 Å². The van der Waals surface area contributed by atoms with Gasteiger partial charge in [-0.25, -0.2) is 8.42 Å². The van der Waals surface area contributed by atoms with E-state index in [0.717, 1.165) is 0 Å². The summed E-state index contributed by atoms with van der Waals surface area (Å²) in [5.74, 6) is 0. The van der Waals surface area contributed by atoms with Crippen LogP contribution in [-0.4, -0.2) is 19.4 Å². The molecule has 0 heterocycles. The average molecular weight is 232 g/mol. The third-order valence-electron chi connectivity index (χ3n) is 1.65. The number of rotatable bonds is 4. The Hall–Kier alpha value is -0.870. The number of hydrogen-bond acceptors (Lipinski definition) is 3. The maximum atomic E-state index is 11.6. The van der Waals surface area contributed by atoms with E-state index in [0.29, 0.717) is 0 Å². The zero-order valence-corrected chi connectivity index (χ0v) is 8.75. The maximum absolute atomic E-state index is 11.6. The third kappa shape index (κ3) is 2.33. The topological polar surface area (TPSA) is 51.2 Å². The SMILES string of the molecule is O=[C]CC(Cl)S(=O)(=O)c1ccccc1. The Morgan fingerprint density at radius 2 is 1.86 bits per heavy atom. The van der Waals surface area contributed by atoms with Gasteiger partial charge in [0.25, 0.3) is 0 Å². The van der Waals surface area contributed by atoms with Crippen LogP contribution in [0.15, 0.2) is 35.2 Å². The molecule has 1 aromatic rings. The second kappa shape index (κ2) is 4.57. The van der Waals surface area contributed by atoms with Crippen LogP contribution in [-0.2, 0) is 14.6 Å². The molecule has 3 nitrogen and oxygen atoms in total. The first-order valence-corrected chi connectivity index (χ1v) is 5.85. The summed E-state index contributed by atoms with van der Waals surface area (Å²) in [4.78, 5) is 10.1. The van der Waals surface area contributed by atoms with E-state index in [1.54, 1.807) is 18.2 Å². The molecular formula is C9H8ClO3S. The van der Waals surface area contributed by atoms with Gasteiger partial charge in [-0.1, -0.05) is 18.2 Å². The number of carbonyl (C=O) groups excluding carboxylic acids is 1. The molecule has 0 aliphatic rings. The van der Waals surface area contributed by atoms with Gasteiger partial charge in [-0.3, -0.25) is 4.79 Å². The summed E-state index contributed by atoms with van der Waals surface area (Å²) in [5.41, 5.74) is 0. The largest absolute Gasteiger partial charge is 0.291 e. The molecule has 0 saturated carbocycles. The number of halogens is 1. The highest BCUT2D eigenvalue weighted by Crippen LogP contribution is 2.19. The van der Waals surface area contributed by atoms with E-state index in [1.165, 1.54) is 18.4 Å². The first-order valence-electron chi connectivity index (χ1n) is 3.87. The smallest absolute Gasteiger partial charge is 0.201 e. The Balaban J connectivity index is 3.03. The molecule has 0 aliphatic carbocycles. The minimum absolute atomic E-state index is 0.121. The van der Waals surface area contributed by atoms with Crippen molar-refractivity contribution in [1.82, 2.24) is 0 Å². The van der Waals surface area contributed by atoms with Gasteiger partial charge in [-0.05, 0) is 12.1 Å². The molecule has 5 heteroatoms. The average Bonchev–Trinajstić information content (AvgIpc) is 2.19. The molecule has 75 valence electrons. The molecule has 0 aromatic heterocycles. The quantitative estimate of drug-likeness (QED) is 0.739. The molecule has 0 amide bonds. The van der Waals surface area contributed by atoms with Crippen molar-refractivity contribution in [3.8, 4) is 0 Å². The van der Waals surface area contributed by atoms with Gasteiger partial charge in [0.2, 0.25) is 6.29 Å². The molecular weight excluding hydrogens is 224 g/mol. The lowest BCUT2D eigenvalue weighted by atomic mass is 10.4. The van der Waals surface area contributed by atoms with Crippen molar-refractivity contribution in [2.45, 2.75) is 16.0 Å². The first-order chi connectivity index (χ1) is 6.59. The van der Waals surface area contributed by atoms with Crippen LogP contribution < -0.4 is 0 Å². The van der Waals surface area contributed by atoms with Gasteiger partial charge in [-0.15, -0.1) is 11.6 Å². The van der Waals surface area contributed by atoms with Gasteiger partial charge in [0.15, 0.2) is 9.84 Å². The fourth-order valence-electron chi connectivity index (χ4n) is 0.933. The van der Waals surface area contributed by atoms with Crippen LogP contribution >= 0.6 is 11.6 Å². The Kier molecular flexibility index (Phi) is 3.66. The van der Waals surface area contributed by atoms with Crippen LogP contribution in [0.1, 0.15) is 6.42 Å². The normalized spacial score (nSPS) is 13.5. The van der Waals surface area contributed by atoms with Crippen LogP contribution in [0, 0.1) is 0 Å². The molecule has 1 rings (SSSR count). The Labute approximate surface area is 87.6 Å².